The average Bonchev–Trinajstić information content (AvgIpc) is 2.72. The van der Waals surface area contributed by atoms with Crippen LogP contribution < -0.4 is 5.32 Å². The van der Waals surface area contributed by atoms with Crippen LogP contribution >= 0.6 is 0 Å². The summed E-state index contributed by atoms with van der Waals surface area (Å²) in [7, 11) is 0. The van der Waals surface area contributed by atoms with Crippen molar-refractivity contribution in [2.45, 2.75) is 45.9 Å². The molecule has 1 atom stereocenters. The minimum atomic E-state index is -0.392. The van der Waals surface area contributed by atoms with Crippen molar-refractivity contribution in [3.8, 4) is 0 Å². The third kappa shape index (κ3) is 2.92. The molecule has 0 aromatic rings. The van der Waals surface area contributed by atoms with Crippen LogP contribution in [-0.2, 0) is 9.47 Å². The van der Waals surface area contributed by atoms with Crippen molar-refractivity contribution in [2.24, 2.45) is 11.3 Å². The zero-order valence-electron chi connectivity index (χ0n) is 10.3. The fraction of sp³-hybridized carbons (Fsp3) is 1.00. The van der Waals surface area contributed by atoms with Gasteiger partial charge in [-0.15, -0.1) is 0 Å². The van der Waals surface area contributed by atoms with E-state index >= 15 is 0 Å². The van der Waals surface area contributed by atoms with Gasteiger partial charge in [-0.25, -0.2) is 0 Å². The fourth-order valence-electron chi connectivity index (χ4n) is 2.04. The first-order valence-corrected chi connectivity index (χ1v) is 5.90. The van der Waals surface area contributed by atoms with Gasteiger partial charge in [0.05, 0.1) is 19.3 Å². The molecule has 88 valence electrons. The molecule has 0 aromatic carbocycles. The van der Waals surface area contributed by atoms with E-state index in [2.05, 4.69) is 19.2 Å². The normalized spacial score (nSPS) is 34.0. The summed E-state index contributed by atoms with van der Waals surface area (Å²) in [6.45, 7) is 11.2. The molecule has 1 aliphatic heterocycles. The molecule has 0 aromatic heterocycles. The van der Waals surface area contributed by atoms with Crippen molar-refractivity contribution in [1.29, 1.82) is 0 Å². The summed E-state index contributed by atoms with van der Waals surface area (Å²) in [4.78, 5) is 0. The topological polar surface area (TPSA) is 30.5 Å². The average molecular weight is 213 g/mol. The van der Waals surface area contributed by atoms with Gasteiger partial charge in [-0.05, 0) is 38.1 Å². The van der Waals surface area contributed by atoms with Crippen LogP contribution in [0.4, 0.5) is 0 Å². The molecule has 1 N–H and O–H groups in total. The Labute approximate surface area is 92.5 Å². The minimum absolute atomic E-state index is 0.370. The lowest BCUT2D eigenvalue weighted by Crippen LogP contribution is -2.49. The lowest BCUT2D eigenvalue weighted by Gasteiger charge is -2.35. The molecule has 3 nitrogen and oxygen atoms in total. The molecule has 2 rings (SSSR count). The standard InChI is InChI=1S/C12H23NO2/c1-11(2)5-9(11)6-13-10-7-14-12(3,4)15-8-10/h9-10,13H,5-8H2,1-4H3. The second-order valence-electron chi connectivity index (χ2n) is 6.02. The molecule has 1 aliphatic carbocycles. The summed E-state index contributed by atoms with van der Waals surface area (Å²) in [5, 5.41) is 3.53. The molecule has 2 aliphatic rings. The summed E-state index contributed by atoms with van der Waals surface area (Å²) >= 11 is 0. The Kier molecular flexibility index (Phi) is 2.82. The molecule has 0 amide bonds. The molecule has 3 heteroatoms. The molecule has 0 radical (unpaired) electrons. The maximum absolute atomic E-state index is 5.60. The SMILES string of the molecule is CC1(C)OCC(NCC2CC2(C)C)CO1. The molecule has 1 saturated heterocycles. The lowest BCUT2D eigenvalue weighted by molar-refractivity contribution is -0.252. The zero-order valence-corrected chi connectivity index (χ0v) is 10.3. The van der Waals surface area contributed by atoms with Gasteiger partial charge in [0.25, 0.3) is 0 Å². The van der Waals surface area contributed by atoms with Gasteiger partial charge in [0, 0.05) is 0 Å². The minimum Gasteiger partial charge on any atom is -0.349 e. The van der Waals surface area contributed by atoms with Gasteiger partial charge >= 0.3 is 0 Å². The first kappa shape index (κ1) is 11.4. The zero-order chi connectivity index (χ0) is 11.1. The Morgan fingerprint density at radius 2 is 1.67 bits per heavy atom. The molecule has 0 spiro atoms. The summed E-state index contributed by atoms with van der Waals surface area (Å²) in [6.07, 6.45) is 1.35. The van der Waals surface area contributed by atoms with Crippen molar-refractivity contribution < 1.29 is 9.47 Å². The van der Waals surface area contributed by atoms with Gasteiger partial charge in [0.2, 0.25) is 0 Å². The number of ether oxygens (including phenoxy) is 2. The van der Waals surface area contributed by atoms with Gasteiger partial charge in [0.15, 0.2) is 5.79 Å². The van der Waals surface area contributed by atoms with E-state index in [1.54, 1.807) is 0 Å². The van der Waals surface area contributed by atoms with Gasteiger partial charge < -0.3 is 14.8 Å². The predicted molar refractivity (Wildman–Crippen MR) is 59.7 cm³/mol. The Hall–Kier alpha value is -0.120. The Morgan fingerprint density at radius 3 is 2.13 bits per heavy atom. The molecule has 1 unspecified atom stereocenters. The molecule has 1 saturated carbocycles. The van der Waals surface area contributed by atoms with E-state index in [1.165, 1.54) is 6.42 Å². The first-order chi connectivity index (χ1) is 6.89. The molecule has 2 fully saturated rings. The highest BCUT2D eigenvalue weighted by Crippen LogP contribution is 2.51. The van der Waals surface area contributed by atoms with Crippen LogP contribution in [0.25, 0.3) is 0 Å². The van der Waals surface area contributed by atoms with E-state index in [9.17, 15) is 0 Å². The van der Waals surface area contributed by atoms with Crippen LogP contribution in [0, 0.1) is 11.3 Å². The highest BCUT2D eigenvalue weighted by molar-refractivity contribution is 4.96. The second kappa shape index (κ2) is 3.72. The summed E-state index contributed by atoms with van der Waals surface area (Å²) < 4.78 is 11.2. The van der Waals surface area contributed by atoms with Crippen LogP contribution in [0.3, 0.4) is 0 Å². The second-order valence-corrected chi connectivity index (χ2v) is 6.02. The number of nitrogens with one attached hydrogen (secondary N) is 1. The van der Waals surface area contributed by atoms with E-state index in [4.69, 9.17) is 9.47 Å². The molecule has 0 bridgehead atoms. The van der Waals surface area contributed by atoms with Gasteiger partial charge in [-0.2, -0.15) is 0 Å². The van der Waals surface area contributed by atoms with Crippen LogP contribution in [0.1, 0.15) is 34.1 Å². The van der Waals surface area contributed by atoms with Crippen molar-refractivity contribution >= 4 is 0 Å². The molecule has 15 heavy (non-hydrogen) atoms. The van der Waals surface area contributed by atoms with E-state index in [0.29, 0.717) is 11.5 Å². The van der Waals surface area contributed by atoms with Crippen molar-refractivity contribution in [3.63, 3.8) is 0 Å². The Bertz CT molecular complexity index is 228. The smallest absolute Gasteiger partial charge is 0.162 e. The van der Waals surface area contributed by atoms with Crippen LogP contribution in [0.5, 0.6) is 0 Å². The van der Waals surface area contributed by atoms with E-state index in [-0.39, 0.29) is 0 Å². The summed E-state index contributed by atoms with van der Waals surface area (Å²) in [5.41, 5.74) is 0.558. The maximum Gasteiger partial charge on any atom is 0.162 e. The largest absolute Gasteiger partial charge is 0.349 e. The molecule has 1 heterocycles. The van der Waals surface area contributed by atoms with E-state index < -0.39 is 5.79 Å². The van der Waals surface area contributed by atoms with Crippen molar-refractivity contribution in [1.82, 2.24) is 5.32 Å². The van der Waals surface area contributed by atoms with Crippen molar-refractivity contribution in [2.75, 3.05) is 19.8 Å². The number of rotatable bonds is 3. The number of hydrogen-bond acceptors (Lipinski definition) is 3. The van der Waals surface area contributed by atoms with Crippen LogP contribution in [0.2, 0.25) is 0 Å². The fourth-order valence-corrected chi connectivity index (χ4v) is 2.04. The Morgan fingerprint density at radius 1 is 1.13 bits per heavy atom. The first-order valence-electron chi connectivity index (χ1n) is 5.90. The number of hydrogen-bond donors (Lipinski definition) is 1. The third-order valence-corrected chi connectivity index (χ3v) is 3.63. The molecular formula is C12H23NO2. The third-order valence-electron chi connectivity index (χ3n) is 3.63. The summed E-state index contributed by atoms with van der Waals surface area (Å²) in [5.74, 6) is 0.448. The van der Waals surface area contributed by atoms with Crippen molar-refractivity contribution in [3.05, 3.63) is 0 Å². The van der Waals surface area contributed by atoms with Gasteiger partial charge in [0.1, 0.15) is 0 Å². The highest BCUT2D eigenvalue weighted by atomic mass is 16.7. The van der Waals surface area contributed by atoms with E-state index in [1.807, 2.05) is 13.8 Å². The predicted octanol–water partition coefficient (Wildman–Crippen LogP) is 1.77. The Balaban J connectivity index is 1.65. The monoisotopic (exact) mass is 213 g/mol. The quantitative estimate of drug-likeness (QED) is 0.775. The maximum atomic E-state index is 5.60. The van der Waals surface area contributed by atoms with Gasteiger partial charge in [-0.3, -0.25) is 0 Å². The molecular weight excluding hydrogens is 190 g/mol. The lowest BCUT2D eigenvalue weighted by atomic mass is 10.1. The van der Waals surface area contributed by atoms with Gasteiger partial charge in [-0.1, -0.05) is 13.8 Å². The van der Waals surface area contributed by atoms with E-state index in [0.717, 1.165) is 25.7 Å². The highest BCUT2D eigenvalue weighted by Gasteiger charge is 2.45. The summed E-state index contributed by atoms with van der Waals surface area (Å²) in [6, 6.07) is 0.370. The van der Waals surface area contributed by atoms with Crippen LogP contribution in [0.15, 0.2) is 0 Å². The van der Waals surface area contributed by atoms with Crippen LogP contribution in [-0.4, -0.2) is 31.6 Å².